The van der Waals surface area contributed by atoms with Gasteiger partial charge in [-0.1, -0.05) is 46.0 Å². The van der Waals surface area contributed by atoms with Crippen LogP contribution in [-0.4, -0.2) is 24.5 Å². The van der Waals surface area contributed by atoms with E-state index in [1.165, 1.54) is 77.4 Å². The first kappa shape index (κ1) is 14.4. The summed E-state index contributed by atoms with van der Waals surface area (Å²) in [7, 11) is 0. The summed E-state index contributed by atoms with van der Waals surface area (Å²) in [6.45, 7) is 9.01. The summed E-state index contributed by atoms with van der Waals surface area (Å²) in [5, 5.41) is 0. The monoisotopic (exact) mass is 251 g/mol. The zero-order valence-electron chi connectivity index (χ0n) is 12.7. The average molecular weight is 251 g/mol. The molecule has 2 fully saturated rings. The van der Waals surface area contributed by atoms with Crippen molar-refractivity contribution in [3.05, 3.63) is 0 Å². The second kappa shape index (κ2) is 7.53. The van der Waals surface area contributed by atoms with Gasteiger partial charge in [-0.2, -0.15) is 0 Å². The maximum atomic E-state index is 2.80. The number of hydrogen-bond donors (Lipinski definition) is 0. The molecule has 2 rings (SSSR count). The van der Waals surface area contributed by atoms with E-state index in [0.29, 0.717) is 0 Å². The normalized spacial score (nSPS) is 34.7. The quantitative estimate of drug-likeness (QED) is 0.683. The molecule has 1 heteroatoms. The third-order valence-electron chi connectivity index (χ3n) is 5.35. The van der Waals surface area contributed by atoms with E-state index < -0.39 is 0 Å². The first-order valence-corrected chi connectivity index (χ1v) is 8.52. The molecule has 1 nitrogen and oxygen atoms in total. The average Bonchev–Trinajstić information content (AvgIpc) is 2.40. The van der Waals surface area contributed by atoms with E-state index in [-0.39, 0.29) is 0 Å². The van der Waals surface area contributed by atoms with Crippen molar-refractivity contribution in [2.75, 3.05) is 19.6 Å². The van der Waals surface area contributed by atoms with Crippen LogP contribution >= 0.6 is 0 Å². The molecule has 1 saturated carbocycles. The smallest absolute Gasteiger partial charge is 0.00123 e. The molecule has 0 amide bonds. The standard InChI is InChI=1S/C17H33N/c1-3-4-9-16-10-7-12-18(13-16)14-17-11-6-5-8-15(17)2/h15-17H,3-14H2,1-2H3/t15?,16?,17-/m0/s1. The molecule has 1 aliphatic heterocycles. The van der Waals surface area contributed by atoms with Gasteiger partial charge >= 0.3 is 0 Å². The van der Waals surface area contributed by atoms with E-state index in [9.17, 15) is 0 Å². The van der Waals surface area contributed by atoms with Crippen molar-refractivity contribution >= 4 is 0 Å². The van der Waals surface area contributed by atoms with E-state index in [4.69, 9.17) is 0 Å². The van der Waals surface area contributed by atoms with Crippen molar-refractivity contribution in [3.8, 4) is 0 Å². The van der Waals surface area contributed by atoms with Crippen molar-refractivity contribution in [2.45, 2.75) is 71.6 Å². The summed E-state index contributed by atoms with van der Waals surface area (Å²) < 4.78 is 0. The second-order valence-electron chi connectivity index (χ2n) is 6.93. The van der Waals surface area contributed by atoms with Gasteiger partial charge in [0.25, 0.3) is 0 Å². The van der Waals surface area contributed by atoms with Gasteiger partial charge in [-0.15, -0.1) is 0 Å². The summed E-state index contributed by atoms with van der Waals surface area (Å²) in [4.78, 5) is 2.80. The molecule has 1 aliphatic carbocycles. The van der Waals surface area contributed by atoms with Crippen LogP contribution in [0, 0.1) is 17.8 Å². The summed E-state index contributed by atoms with van der Waals surface area (Å²) in [5.41, 5.74) is 0. The highest BCUT2D eigenvalue weighted by Crippen LogP contribution is 2.31. The third kappa shape index (κ3) is 4.26. The van der Waals surface area contributed by atoms with Gasteiger partial charge in [0.2, 0.25) is 0 Å². The van der Waals surface area contributed by atoms with Crippen LogP contribution in [0.1, 0.15) is 71.6 Å². The maximum Gasteiger partial charge on any atom is 0.00123 e. The van der Waals surface area contributed by atoms with Gasteiger partial charge in [-0.25, -0.2) is 0 Å². The highest BCUT2D eigenvalue weighted by molar-refractivity contribution is 4.79. The first-order chi connectivity index (χ1) is 8.79. The molecule has 18 heavy (non-hydrogen) atoms. The van der Waals surface area contributed by atoms with Crippen LogP contribution in [0.25, 0.3) is 0 Å². The van der Waals surface area contributed by atoms with Crippen molar-refractivity contribution in [1.82, 2.24) is 4.90 Å². The molecular weight excluding hydrogens is 218 g/mol. The molecule has 1 heterocycles. The van der Waals surface area contributed by atoms with Gasteiger partial charge in [0, 0.05) is 13.1 Å². The zero-order chi connectivity index (χ0) is 12.8. The van der Waals surface area contributed by atoms with Crippen LogP contribution in [0.4, 0.5) is 0 Å². The molecule has 0 radical (unpaired) electrons. The Morgan fingerprint density at radius 2 is 1.89 bits per heavy atom. The Hall–Kier alpha value is -0.0400. The molecule has 0 spiro atoms. The lowest BCUT2D eigenvalue weighted by Gasteiger charge is -2.38. The van der Waals surface area contributed by atoms with Crippen LogP contribution in [0.15, 0.2) is 0 Å². The molecular formula is C17H33N. The van der Waals surface area contributed by atoms with Gasteiger partial charge in [0.05, 0.1) is 0 Å². The SMILES string of the molecule is CCCCC1CCCN(C[C@@H]2CCCCC2C)C1. The Morgan fingerprint density at radius 3 is 2.67 bits per heavy atom. The van der Waals surface area contributed by atoms with Crippen molar-refractivity contribution in [1.29, 1.82) is 0 Å². The topological polar surface area (TPSA) is 3.24 Å². The minimum absolute atomic E-state index is 0.981. The summed E-state index contributed by atoms with van der Waals surface area (Å²) in [6, 6.07) is 0. The van der Waals surface area contributed by atoms with Crippen molar-refractivity contribution < 1.29 is 0 Å². The lowest BCUT2D eigenvalue weighted by atomic mass is 9.79. The highest BCUT2D eigenvalue weighted by atomic mass is 15.1. The highest BCUT2D eigenvalue weighted by Gasteiger charge is 2.26. The lowest BCUT2D eigenvalue weighted by Crippen LogP contribution is -2.40. The number of piperidine rings is 1. The Kier molecular flexibility index (Phi) is 6.01. The number of nitrogens with zero attached hydrogens (tertiary/aromatic N) is 1. The van der Waals surface area contributed by atoms with E-state index in [0.717, 1.165) is 17.8 Å². The Morgan fingerprint density at radius 1 is 1.06 bits per heavy atom. The maximum absolute atomic E-state index is 2.80. The minimum atomic E-state index is 0.981. The van der Waals surface area contributed by atoms with Gasteiger partial charge in [-0.05, 0) is 50.0 Å². The van der Waals surface area contributed by atoms with Crippen LogP contribution in [-0.2, 0) is 0 Å². The van der Waals surface area contributed by atoms with E-state index in [1.54, 1.807) is 0 Å². The molecule has 106 valence electrons. The molecule has 3 atom stereocenters. The summed E-state index contributed by atoms with van der Waals surface area (Å²) >= 11 is 0. The van der Waals surface area contributed by atoms with Crippen LogP contribution in [0.3, 0.4) is 0 Å². The number of likely N-dealkylation sites (tertiary alicyclic amines) is 1. The number of rotatable bonds is 5. The largest absolute Gasteiger partial charge is 0.303 e. The van der Waals surface area contributed by atoms with Crippen LogP contribution < -0.4 is 0 Å². The van der Waals surface area contributed by atoms with Crippen molar-refractivity contribution in [2.24, 2.45) is 17.8 Å². The predicted octanol–water partition coefficient (Wildman–Crippen LogP) is 4.71. The fourth-order valence-corrected chi connectivity index (χ4v) is 4.04. The van der Waals surface area contributed by atoms with Gasteiger partial charge < -0.3 is 4.90 Å². The Bertz CT molecular complexity index is 226. The van der Waals surface area contributed by atoms with Crippen molar-refractivity contribution in [3.63, 3.8) is 0 Å². The van der Waals surface area contributed by atoms with E-state index >= 15 is 0 Å². The first-order valence-electron chi connectivity index (χ1n) is 8.52. The Labute approximate surface area is 114 Å². The summed E-state index contributed by atoms with van der Waals surface area (Å²) in [5.74, 6) is 3.00. The summed E-state index contributed by atoms with van der Waals surface area (Å²) in [6.07, 6.45) is 13.2. The minimum Gasteiger partial charge on any atom is -0.303 e. The van der Waals surface area contributed by atoms with E-state index in [1.807, 2.05) is 0 Å². The fourth-order valence-electron chi connectivity index (χ4n) is 4.04. The molecule has 0 bridgehead atoms. The fraction of sp³-hybridized carbons (Fsp3) is 1.00. The predicted molar refractivity (Wildman–Crippen MR) is 79.8 cm³/mol. The van der Waals surface area contributed by atoms with Crippen LogP contribution in [0.2, 0.25) is 0 Å². The zero-order valence-corrected chi connectivity index (χ0v) is 12.7. The molecule has 0 aromatic heterocycles. The molecule has 2 aliphatic rings. The third-order valence-corrected chi connectivity index (χ3v) is 5.35. The van der Waals surface area contributed by atoms with E-state index in [2.05, 4.69) is 18.7 Å². The Balaban J connectivity index is 1.74. The second-order valence-corrected chi connectivity index (χ2v) is 6.93. The van der Waals surface area contributed by atoms with Gasteiger partial charge in [0.15, 0.2) is 0 Å². The molecule has 0 N–H and O–H groups in total. The van der Waals surface area contributed by atoms with Gasteiger partial charge in [-0.3, -0.25) is 0 Å². The molecule has 0 aromatic rings. The molecule has 1 saturated heterocycles. The van der Waals surface area contributed by atoms with Gasteiger partial charge in [0.1, 0.15) is 0 Å². The molecule has 2 unspecified atom stereocenters. The van der Waals surface area contributed by atoms with Crippen LogP contribution in [0.5, 0.6) is 0 Å². The molecule has 0 aromatic carbocycles. The lowest BCUT2D eigenvalue weighted by molar-refractivity contribution is 0.112. The number of unbranched alkanes of at least 4 members (excludes halogenated alkanes) is 1. The number of hydrogen-bond acceptors (Lipinski definition) is 1.